The molecule has 0 saturated carbocycles. The average molecular weight is 210 g/mol. The van der Waals surface area contributed by atoms with Crippen LogP contribution in [0, 0.1) is 6.92 Å². The van der Waals surface area contributed by atoms with E-state index >= 15 is 0 Å². The van der Waals surface area contributed by atoms with Crippen LogP contribution in [0.2, 0.25) is 0 Å². The molecular weight excluding hydrogens is 192 g/mol. The topological polar surface area (TPSA) is 38.0 Å². The average Bonchev–Trinajstić information content (AvgIpc) is 2.15. The molecule has 0 spiro atoms. The maximum atomic E-state index is 5.68. The molecule has 0 unspecified atom stereocenters. The first-order valence-corrected chi connectivity index (χ1v) is 5.92. The van der Waals surface area contributed by atoms with Crippen LogP contribution in [0.15, 0.2) is 23.1 Å². The second-order valence-electron chi connectivity index (χ2n) is 3.23. The van der Waals surface area contributed by atoms with Gasteiger partial charge in [0, 0.05) is 22.9 Å². The van der Waals surface area contributed by atoms with Crippen LogP contribution in [0.4, 0.5) is 5.69 Å². The molecule has 0 aromatic heterocycles. The van der Waals surface area contributed by atoms with Gasteiger partial charge < -0.3 is 11.1 Å². The number of nitrogens with two attached hydrogens (primary N) is 1. The second-order valence-corrected chi connectivity index (χ2v) is 4.36. The van der Waals surface area contributed by atoms with Crippen molar-refractivity contribution in [1.29, 1.82) is 0 Å². The van der Waals surface area contributed by atoms with Gasteiger partial charge in [0.15, 0.2) is 0 Å². The van der Waals surface area contributed by atoms with Crippen LogP contribution in [0.3, 0.4) is 0 Å². The number of rotatable bonds is 5. The Labute approximate surface area is 90.3 Å². The molecule has 1 aromatic carbocycles. The molecule has 0 radical (unpaired) electrons. The molecule has 3 heteroatoms. The first-order valence-electron chi connectivity index (χ1n) is 4.93. The summed E-state index contributed by atoms with van der Waals surface area (Å²) in [4.78, 5) is 1.33. The normalized spacial score (nSPS) is 10.4. The molecular formula is C11H18N2S. The molecule has 3 N–H and O–H groups in total. The lowest BCUT2D eigenvalue weighted by Crippen LogP contribution is -2.15. The summed E-state index contributed by atoms with van der Waals surface area (Å²) in [5.74, 6) is 1.11. The van der Waals surface area contributed by atoms with E-state index in [1.54, 1.807) is 0 Å². The maximum absolute atomic E-state index is 5.68. The second kappa shape index (κ2) is 5.94. The fourth-order valence-corrected chi connectivity index (χ4v) is 2.16. The number of hydrogen-bond acceptors (Lipinski definition) is 3. The quantitative estimate of drug-likeness (QED) is 0.445. The zero-order chi connectivity index (χ0) is 10.4. The summed E-state index contributed by atoms with van der Waals surface area (Å²) >= 11 is 1.88. The molecule has 0 fully saturated rings. The van der Waals surface area contributed by atoms with Crippen LogP contribution < -0.4 is 11.1 Å². The molecule has 0 atom stereocenters. The summed E-state index contributed by atoms with van der Waals surface area (Å²) in [6.45, 7) is 6.33. The van der Waals surface area contributed by atoms with Gasteiger partial charge in [-0.3, -0.25) is 0 Å². The zero-order valence-corrected chi connectivity index (χ0v) is 9.66. The van der Waals surface area contributed by atoms with E-state index in [0.717, 1.165) is 24.5 Å². The number of benzene rings is 1. The molecule has 0 aliphatic carbocycles. The van der Waals surface area contributed by atoms with Crippen molar-refractivity contribution in [2.45, 2.75) is 18.7 Å². The molecule has 0 aliphatic heterocycles. The summed E-state index contributed by atoms with van der Waals surface area (Å²) < 4.78 is 0. The van der Waals surface area contributed by atoms with Crippen LogP contribution >= 0.6 is 11.8 Å². The SMILES string of the molecule is CCNCCSc1ccc(N)cc1C. The summed E-state index contributed by atoms with van der Waals surface area (Å²) in [6, 6.07) is 6.08. The van der Waals surface area contributed by atoms with Crippen LogP contribution in [0.5, 0.6) is 0 Å². The summed E-state index contributed by atoms with van der Waals surface area (Å²) in [6.07, 6.45) is 0. The highest BCUT2D eigenvalue weighted by atomic mass is 32.2. The van der Waals surface area contributed by atoms with E-state index in [2.05, 4.69) is 25.2 Å². The monoisotopic (exact) mass is 210 g/mol. The van der Waals surface area contributed by atoms with E-state index in [4.69, 9.17) is 5.73 Å². The van der Waals surface area contributed by atoms with Crippen molar-refractivity contribution >= 4 is 17.4 Å². The third kappa shape index (κ3) is 3.60. The molecule has 0 heterocycles. The number of aryl methyl sites for hydroxylation is 1. The Hall–Kier alpha value is -0.670. The minimum Gasteiger partial charge on any atom is -0.399 e. The van der Waals surface area contributed by atoms with Gasteiger partial charge in [0.2, 0.25) is 0 Å². The molecule has 78 valence electrons. The summed E-state index contributed by atoms with van der Waals surface area (Å²) in [7, 11) is 0. The van der Waals surface area contributed by atoms with Gasteiger partial charge in [-0.2, -0.15) is 0 Å². The number of nitrogens with one attached hydrogen (secondary N) is 1. The number of thioether (sulfide) groups is 1. The van der Waals surface area contributed by atoms with E-state index in [1.807, 2.05) is 23.9 Å². The van der Waals surface area contributed by atoms with Crippen LogP contribution in [-0.2, 0) is 0 Å². The smallest absolute Gasteiger partial charge is 0.0317 e. The highest BCUT2D eigenvalue weighted by Gasteiger charge is 1.98. The lowest BCUT2D eigenvalue weighted by Gasteiger charge is -2.06. The van der Waals surface area contributed by atoms with Gasteiger partial charge in [-0.05, 0) is 37.2 Å². The lowest BCUT2D eigenvalue weighted by molar-refractivity contribution is 0.768. The van der Waals surface area contributed by atoms with Gasteiger partial charge in [0.1, 0.15) is 0 Å². The van der Waals surface area contributed by atoms with E-state index in [9.17, 15) is 0 Å². The lowest BCUT2D eigenvalue weighted by atomic mass is 10.2. The standard InChI is InChI=1S/C11H18N2S/c1-3-13-6-7-14-11-5-4-10(12)8-9(11)2/h4-5,8,13H,3,6-7,12H2,1-2H3. The van der Waals surface area contributed by atoms with Crippen LogP contribution in [-0.4, -0.2) is 18.8 Å². The summed E-state index contributed by atoms with van der Waals surface area (Å²) in [5, 5.41) is 3.30. The van der Waals surface area contributed by atoms with E-state index in [0.29, 0.717) is 0 Å². The van der Waals surface area contributed by atoms with Gasteiger partial charge in [-0.25, -0.2) is 0 Å². The number of hydrogen-bond donors (Lipinski definition) is 2. The molecule has 0 amide bonds. The Morgan fingerprint density at radius 1 is 1.43 bits per heavy atom. The largest absolute Gasteiger partial charge is 0.399 e. The Balaban J connectivity index is 2.42. The van der Waals surface area contributed by atoms with Crippen molar-refractivity contribution in [3.8, 4) is 0 Å². The third-order valence-corrected chi connectivity index (χ3v) is 3.16. The van der Waals surface area contributed by atoms with Crippen molar-refractivity contribution in [2.75, 3.05) is 24.6 Å². The minimum absolute atomic E-state index is 0.846. The molecule has 0 aliphatic rings. The van der Waals surface area contributed by atoms with Gasteiger partial charge in [0.25, 0.3) is 0 Å². The van der Waals surface area contributed by atoms with Gasteiger partial charge in [-0.15, -0.1) is 11.8 Å². The highest BCUT2D eigenvalue weighted by Crippen LogP contribution is 2.23. The van der Waals surface area contributed by atoms with Gasteiger partial charge >= 0.3 is 0 Å². The first-order chi connectivity index (χ1) is 6.74. The van der Waals surface area contributed by atoms with Crippen molar-refractivity contribution in [3.63, 3.8) is 0 Å². The Morgan fingerprint density at radius 2 is 2.21 bits per heavy atom. The molecule has 1 aromatic rings. The number of anilines is 1. The van der Waals surface area contributed by atoms with Crippen molar-refractivity contribution < 1.29 is 0 Å². The Kier molecular flexibility index (Phi) is 4.84. The van der Waals surface area contributed by atoms with Crippen molar-refractivity contribution in [1.82, 2.24) is 5.32 Å². The zero-order valence-electron chi connectivity index (χ0n) is 8.84. The molecule has 1 rings (SSSR count). The Bertz CT molecular complexity index is 287. The van der Waals surface area contributed by atoms with Crippen molar-refractivity contribution in [3.05, 3.63) is 23.8 Å². The van der Waals surface area contributed by atoms with E-state index < -0.39 is 0 Å². The van der Waals surface area contributed by atoms with Gasteiger partial charge in [0.05, 0.1) is 0 Å². The van der Waals surface area contributed by atoms with Crippen molar-refractivity contribution in [2.24, 2.45) is 0 Å². The third-order valence-electron chi connectivity index (χ3n) is 1.99. The van der Waals surface area contributed by atoms with Crippen LogP contribution in [0.1, 0.15) is 12.5 Å². The van der Waals surface area contributed by atoms with Gasteiger partial charge in [-0.1, -0.05) is 6.92 Å². The molecule has 0 bridgehead atoms. The fourth-order valence-electron chi connectivity index (χ4n) is 1.24. The summed E-state index contributed by atoms with van der Waals surface area (Å²) in [5.41, 5.74) is 7.80. The predicted octanol–water partition coefficient (Wildman–Crippen LogP) is 2.28. The predicted molar refractivity (Wildman–Crippen MR) is 64.9 cm³/mol. The maximum Gasteiger partial charge on any atom is 0.0317 e. The molecule has 0 saturated heterocycles. The number of nitrogen functional groups attached to an aromatic ring is 1. The minimum atomic E-state index is 0.846. The van der Waals surface area contributed by atoms with E-state index in [-0.39, 0.29) is 0 Å². The Morgan fingerprint density at radius 3 is 2.86 bits per heavy atom. The van der Waals surface area contributed by atoms with Crippen LogP contribution in [0.25, 0.3) is 0 Å². The molecule has 2 nitrogen and oxygen atoms in total. The van der Waals surface area contributed by atoms with E-state index in [1.165, 1.54) is 10.5 Å². The first kappa shape index (κ1) is 11.4. The highest BCUT2D eigenvalue weighted by molar-refractivity contribution is 7.99. The molecule has 14 heavy (non-hydrogen) atoms. The fraction of sp³-hybridized carbons (Fsp3) is 0.455.